The summed E-state index contributed by atoms with van der Waals surface area (Å²) in [4.78, 5) is 39.0. The summed E-state index contributed by atoms with van der Waals surface area (Å²) in [6, 6.07) is 13.9. The van der Waals surface area contributed by atoms with Crippen LogP contribution in [0.2, 0.25) is 0 Å². The van der Waals surface area contributed by atoms with E-state index < -0.39 is 17.2 Å². The zero-order valence-electron chi connectivity index (χ0n) is 16.5. The predicted octanol–water partition coefficient (Wildman–Crippen LogP) is 2.89. The van der Waals surface area contributed by atoms with Gasteiger partial charge in [0.25, 0.3) is 5.56 Å². The second kappa shape index (κ2) is 7.44. The lowest BCUT2D eigenvalue weighted by Gasteiger charge is -2.13. The number of carbonyl (C=O) groups is 1. The van der Waals surface area contributed by atoms with Crippen LogP contribution in [0.4, 0.5) is 5.69 Å². The highest BCUT2D eigenvalue weighted by molar-refractivity contribution is 7.17. The van der Waals surface area contributed by atoms with Gasteiger partial charge in [-0.3, -0.25) is 14.2 Å². The van der Waals surface area contributed by atoms with Crippen LogP contribution in [0.3, 0.4) is 0 Å². The van der Waals surface area contributed by atoms with Gasteiger partial charge < -0.3 is 14.8 Å². The van der Waals surface area contributed by atoms with Crippen LogP contribution in [0.5, 0.6) is 11.5 Å². The van der Waals surface area contributed by atoms with Crippen molar-refractivity contribution >= 4 is 33.1 Å². The van der Waals surface area contributed by atoms with E-state index in [1.807, 2.05) is 13.0 Å². The Bertz CT molecular complexity index is 1450. The minimum absolute atomic E-state index is 0.138. The van der Waals surface area contributed by atoms with Crippen molar-refractivity contribution in [2.75, 3.05) is 12.1 Å². The number of anilines is 1. The molecule has 0 fully saturated rings. The molecule has 8 nitrogen and oxygen atoms in total. The fourth-order valence-corrected chi connectivity index (χ4v) is 4.38. The average molecular weight is 435 g/mol. The van der Waals surface area contributed by atoms with Crippen LogP contribution >= 0.6 is 11.3 Å². The number of nitrogens with zero attached hydrogens (tertiary/aromatic N) is 2. The molecular weight excluding hydrogens is 418 g/mol. The summed E-state index contributed by atoms with van der Waals surface area (Å²) in [5, 5.41) is 4.50. The monoisotopic (exact) mass is 435 g/mol. The summed E-state index contributed by atoms with van der Waals surface area (Å²) in [7, 11) is 0. The van der Waals surface area contributed by atoms with Crippen molar-refractivity contribution in [1.82, 2.24) is 9.13 Å². The minimum Gasteiger partial charge on any atom is -0.454 e. The third-order valence-corrected chi connectivity index (χ3v) is 5.86. The van der Waals surface area contributed by atoms with E-state index in [-0.39, 0.29) is 13.3 Å². The standard InChI is InChI=1S/C22H17N3O5S/c1-13-3-2-4-15(9-13)25-21(27)20-16(7-8-31-20)24(22(25)28)11-19(26)23-14-5-6-17-18(10-14)30-12-29-17/h2-10H,11-12H2,1H3,(H,23,26). The van der Waals surface area contributed by atoms with Gasteiger partial charge in [-0.25, -0.2) is 9.36 Å². The number of hydrogen-bond donors (Lipinski definition) is 1. The fourth-order valence-electron chi connectivity index (χ4n) is 3.55. The number of amides is 1. The number of aryl methyl sites for hydroxylation is 1. The second-order valence-electron chi connectivity index (χ2n) is 7.10. The van der Waals surface area contributed by atoms with Crippen molar-refractivity contribution in [2.45, 2.75) is 13.5 Å². The Morgan fingerprint density at radius 2 is 1.94 bits per heavy atom. The van der Waals surface area contributed by atoms with Gasteiger partial charge in [0.1, 0.15) is 11.2 Å². The maximum atomic E-state index is 13.3. The summed E-state index contributed by atoms with van der Waals surface area (Å²) in [5.74, 6) is 0.755. The highest BCUT2D eigenvalue weighted by Crippen LogP contribution is 2.34. The van der Waals surface area contributed by atoms with Crippen molar-refractivity contribution < 1.29 is 14.3 Å². The molecule has 1 N–H and O–H groups in total. The topological polar surface area (TPSA) is 91.6 Å². The number of thiophene rings is 1. The number of carbonyl (C=O) groups excluding carboxylic acids is 1. The van der Waals surface area contributed by atoms with Gasteiger partial charge >= 0.3 is 5.69 Å². The maximum absolute atomic E-state index is 13.3. The van der Waals surface area contributed by atoms with Crippen LogP contribution in [-0.2, 0) is 11.3 Å². The van der Waals surface area contributed by atoms with E-state index >= 15 is 0 Å². The van der Waals surface area contributed by atoms with E-state index in [2.05, 4.69) is 5.32 Å². The molecule has 0 aliphatic carbocycles. The number of benzene rings is 2. The average Bonchev–Trinajstić information content (AvgIpc) is 3.41. The molecule has 31 heavy (non-hydrogen) atoms. The summed E-state index contributed by atoms with van der Waals surface area (Å²) in [6.45, 7) is 1.78. The first kappa shape index (κ1) is 19.1. The van der Waals surface area contributed by atoms with Crippen LogP contribution in [0.15, 0.2) is 63.5 Å². The van der Waals surface area contributed by atoms with Gasteiger partial charge in [0, 0.05) is 11.8 Å². The molecule has 156 valence electrons. The lowest BCUT2D eigenvalue weighted by atomic mass is 10.2. The molecule has 0 saturated carbocycles. The normalized spacial score (nSPS) is 12.3. The molecule has 0 saturated heterocycles. The summed E-state index contributed by atoms with van der Waals surface area (Å²) in [6.07, 6.45) is 0. The Labute approximate surface area is 179 Å². The van der Waals surface area contributed by atoms with E-state index in [9.17, 15) is 14.4 Å². The Kier molecular flexibility index (Phi) is 4.59. The van der Waals surface area contributed by atoms with Crippen molar-refractivity contribution in [1.29, 1.82) is 0 Å². The zero-order chi connectivity index (χ0) is 21.5. The smallest absolute Gasteiger partial charge is 0.336 e. The number of ether oxygens (including phenoxy) is 2. The van der Waals surface area contributed by atoms with E-state index in [4.69, 9.17) is 9.47 Å². The van der Waals surface area contributed by atoms with Gasteiger partial charge in [-0.15, -0.1) is 11.3 Å². The Balaban J connectivity index is 1.54. The number of nitrogens with one attached hydrogen (secondary N) is 1. The van der Waals surface area contributed by atoms with Crippen LogP contribution in [0.1, 0.15) is 5.56 Å². The molecule has 3 heterocycles. The van der Waals surface area contributed by atoms with Gasteiger partial charge in [-0.1, -0.05) is 12.1 Å². The molecule has 9 heteroatoms. The second-order valence-corrected chi connectivity index (χ2v) is 8.02. The number of aromatic nitrogens is 2. The van der Waals surface area contributed by atoms with E-state index in [0.29, 0.717) is 33.1 Å². The predicted molar refractivity (Wildman–Crippen MR) is 118 cm³/mol. The van der Waals surface area contributed by atoms with Crippen LogP contribution < -0.4 is 26.0 Å². The van der Waals surface area contributed by atoms with Crippen molar-refractivity contribution in [3.8, 4) is 17.2 Å². The van der Waals surface area contributed by atoms with Gasteiger partial charge in [-0.05, 0) is 48.2 Å². The molecule has 1 amide bonds. The molecule has 1 aliphatic rings. The summed E-state index contributed by atoms with van der Waals surface area (Å²) >= 11 is 1.24. The zero-order valence-corrected chi connectivity index (χ0v) is 17.3. The molecule has 4 aromatic rings. The van der Waals surface area contributed by atoms with Gasteiger partial charge in [0.2, 0.25) is 12.7 Å². The highest BCUT2D eigenvalue weighted by Gasteiger charge is 2.19. The quantitative estimate of drug-likeness (QED) is 0.532. The summed E-state index contributed by atoms with van der Waals surface area (Å²) < 4.78 is 13.4. The van der Waals surface area contributed by atoms with Gasteiger partial charge in [0.15, 0.2) is 11.5 Å². The third-order valence-electron chi connectivity index (χ3n) is 4.97. The molecule has 0 unspecified atom stereocenters. The number of hydrogen-bond acceptors (Lipinski definition) is 6. The van der Waals surface area contributed by atoms with Gasteiger partial charge in [0.05, 0.1) is 11.2 Å². The Hall–Kier alpha value is -3.85. The largest absolute Gasteiger partial charge is 0.454 e. The SMILES string of the molecule is Cc1cccc(-n2c(=O)c3sccc3n(CC(=O)Nc3ccc4c(c3)OCO4)c2=O)c1. The van der Waals surface area contributed by atoms with E-state index in [0.717, 1.165) is 10.1 Å². The highest BCUT2D eigenvalue weighted by atomic mass is 32.1. The Morgan fingerprint density at radius 1 is 1.10 bits per heavy atom. The molecule has 2 aromatic carbocycles. The number of rotatable bonds is 4. The van der Waals surface area contributed by atoms with E-state index in [1.165, 1.54) is 15.9 Å². The van der Waals surface area contributed by atoms with Crippen LogP contribution in [0.25, 0.3) is 15.9 Å². The van der Waals surface area contributed by atoms with Crippen LogP contribution in [-0.4, -0.2) is 21.8 Å². The first-order valence-corrected chi connectivity index (χ1v) is 10.4. The van der Waals surface area contributed by atoms with Crippen molar-refractivity contribution in [3.05, 3.63) is 80.3 Å². The molecule has 0 atom stereocenters. The summed E-state index contributed by atoms with van der Waals surface area (Å²) in [5.41, 5.74) is 1.38. The molecular formula is C22H17N3O5S. The molecule has 0 radical (unpaired) electrons. The lowest BCUT2D eigenvalue weighted by molar-refractivity contribution is -0.116. The third kappa shape index (κ3) is 3.38. The van der Waals surface area contributed by atoms with Crippen molar-refractivity contribution in [2.24, 2.45) is 0 Å². The maximum Gasteiger partial charge on any atom is 0.336 e. The van der Waals surface area contributed by atoms with Gasteiger partial charge in [-0.2, -0.15) is 0 Å². The molecule has 5 rings (SSSR count). The first-order valence-electron chi connectivity index (χ1n) is 9.51. The van der Waals surface area contributed by atoms with Crippen LogP contribution in [0, 0.1) is 6.92 Å². The fraction of sp³-hybridized carbons (Fsp3) is 0.136. The molecule has 1 aliphatic heterocycles. The molecule has 0 bridgehead atoms. The lowest BCUT2D eigenvalue weighted by Crippen LogP contribution is -2.40. The first-order chi connectivity index (χ1) is 15.0. The number of fused-ring (bicyclic) bond motifs is 2. The molecule has 2 aromatic heterocycles. The Morgan fingerprint density at radius 3 is 2.77 bits per heavy atom. The minimum atomic E-state index is -0.567. The van der Waals surface area contributed by atoms with E-state index in [1.54, 1.807) is 47.8 Å². The van der Waals surface area contributed by atoms with Crippen molar-refractivity contribution in [3.63, 3.8) is 0 Å². The molecule has 0 spiro atoms.